The van der Waals surface area contributed by atoms with E-state index in [1.165, 1.54) is 0 Å². The molecule has 1 aromatic heterocycles. The summed E-state index contributed by atoms with van der Waals surface area (Å²) in [5, 5.41) is 7.19. The van der Waals surface area contributed by atoms with Crippen molar-refractivity contribution in [3.63, 3.8) is 0 Å². The highest BCUT2D eigenvalue weighted by atomic mass is 35.5. The predicted molar refractivity (Wildman–Crippen MR) is 84.6 cm³/mol. The second-order valence-electron chi connectivity index (χ2n) is 4.71. The first-order valence-electron chi connectivity index (χ1n) is 6.78. The fourth-order valence-corrected chi connectivity index (χ4v) is 2.27. The number of halogens is 1. The average molecular weight is 313 g/mol. The Morgan fingerprint density at radius 2 is 1.82 bits per heavy atom. The van der Waals surface area contributed by atoms with E-state index in [9.17, 15) is 4.79 Å². The zero-order chi connectivity index (χ0) is 15.4. The Bertz CT molecular complexity index is 784. The first kappa shape index (κ1) is 14.4. The number of nitrogens with zero attached hydrogens (tertiary/aromatic N) is 1. The third-order valence-corrected chi connectivity index (χ3v) is 3.50. The van der Waals surface area contributed by atoms with Crippen LogP contribution in [0.4, 0.5) is 0 Å². The molecule has 2 aromatic carbocycles. The van der Waals surface area contributed by atoms with Gasteiger partial charge >= 0.3 is 0 Å². The third-order valence-electron chi connectivity index (χ3n) is 3.17. The Morgan fingerprint density at radius 1 is 1.09 bits per heavy atom. The number of hydrogen-bond acceptors (Lipinski definition) is 3. The van der Waals surface area contributed by atoms with E-state index in [1.54, 1.807) is 24.3 Å². The maximum atomic E-state index is 12.1. The zero-order valence-electron chi connectivity index (χ0n) is 11.6. The summed E-state index contributed by atoms with van der Waals surface area (Å²) in [6.07, 6.45) is 0. The van der Waals surface area contributed by atoms with Gasteiger partial charge in [-0.15, -0.1) is 0 Å². The molecule has 4 nitrogen and oxygen atoms in total. The van der Waals surface area contributed by atoms with Gasteiger partial charge in [-0.1, -0.05) is 59.2 Å². The van der Waals surface area contributed by atoms with Crippen LogP contribution in [0.1, 0.15) is 16.1 Å². The normalized spacial score (nSPS) is 10.4. The van der Waals surface area contributed by atoms with Gasteiger partial charge in [0.15, 0.2) is 5.76 Å². The van der Waals surface area contributed by atoms with Gasteiger partial charge in [0, 0.05) is 11.6 Å². The van der Waals surface area contributed by atoms with E-state index in [2.05, 4.69) is 10.5 Å². The first-order chi connectivity index (χ1) is 10.7. The van der Waals surface area contributed by atoms with E-state index >= 15 is 0 Å². The van der Waals surface area contributed by atoms with Gasteiger partial charge < -0.3 is 9.84 Å². The van der Waals surface area contributed by atoms with Gasteiger partial charge in [-0.2, -0.15) is 0 Å². The molecule has 0 spiro atoms. The molecule has 0 bridgehead atoms. The molecule has 22 heavy (non-hydrogen) atoms. The molecule has 0 aliphatic heterocycles. The van der Waals surface area contributed by atoms with Crippen LogP contribution in [0.25, 0.3) is 11.3 Å². The van der Waals surface area contributed by atoms with Gasteiger partial charge in [0.2, 0.25) is 0 Å². The summed E-state index contributed by atoms with van der Waals surface area (Å²) in [6, 6.07) is 18.4. The smallest absolute Gasteiger partial charge is 0.253 e. The molecule has 0 aliphatic rings. The predicted octanol–water partition coefficient (Wildman–Crippen LogP) is 3.93. The molecule has 1 heterocycles. The lowest BCUT2D eigenvalue weighted by Gasteiger charge is -2.04. The van der Waals surface area contributed by atoms with Crippen LogP contribution in [0.5, 0.6) is 0 Å². The maximum absolute atomic E-state index is 12.1. The Kier molecular flexibility index (Phi) is 4.21. The van der Waals surface area contributed by atoms with Crippen LogP contribution in [-0.4, -0.2) is 11.1 Å². The van der Waals surface area contributed by atoms with Crippen molar-refractivity contribution in [2.45, 2.75) is 6.54 Å². The summed E-state index contributed by atoms with van der Waals surface area (Å²) >= 11 is 5.99. The van der Waals surface area contributed by atoms with Crippen LogP contribution in [0.15, 0.2) is 65.2 Å². The fraction of sp³-hybridized carbons (Fsp3) is 0.0588. The summed E-state index contributed by atoms with van der Waals surface area (Å²) in [6.45, 7) is 0.254. The Morgan fingerprint density at radius 3 is 2.59 bits per heavy atom. The van der Waals surface area contributed by atoms with Crippen LogP contribution in [-0.2, 0) is 6.54 Å². The number of benzene rings is 2. The lowest BCUT2D eigenvalue weighted by molar-refractivity contribution is 0.0947. The van der Waals surface area contributed by atoms with Crippen molar-refractivity contribution < 1.29 is 9.32 Å². The molecule has 3 rings (SSSR count). The lowest BCUT2D eigenvalue weighted by atomic mass is 10.1. The number of rotatable bonds is 4. The molecule has 0 aliphatic carbocycles. The van der Waals surface area contributed by atoms with E-state index in [1.807, 2.05) is 36.4 Å². The maximum Gasteiger partial charge on any atom is 0.253 e. The monoisotopic (exact) mass is 312 g/mol. The molecule has 1 amide bonds. The highest BCUT2D eigenvalue weighted by Gasteiger charge is 2.11. The molecule has 0 fully saturated rings. The highest BCUT2D eigenvalue weighted by Crippen LogP contribution is 2.19. The minimum absolute atomic E-state index is 0.247. The summed E-state index contributed by atoms with van der Waals surface area (Å²) in [5.41, 5.74) is 2.14. The van der Waals surface area contributed by atoms with Crippen LogP contribution in [0.2, 0.25) is 5.02 Å². The first-order valence-corrected chi connectivity index (χ1v) is 7.15. The minimum Gasteiger partial charge on any atom is -0.359 e. The van der Waals surface area contributed by atoms with Gasteiger partial charge in [-0.05, 0) is 12.1 Å². The van der Waals surface area contributed by atoms with E-state index in [-0.39, 0.29) is 12.5 Å². The molecule has 1 N–H and O–H groups in total. The molecule has 5 heteroatoms. The van der Waals surface area contributed by atoms with Crippen molar-refractivity contribution in [1.29, 1.82) is 0 Å². The zero-order valence-corrected chi connectivity index (χ0v) is 12.4. The molecule has 0 saturated carbocycles. The Balaban J connectivity index is 1.67. The van der Waals surface area contributed by atoms with Crippen molar-refractivity contribution in [3.05, 3.63) is 77.0 Å². The number of nitrogens with one attached hydrogen (secondary N) is 1. The van der Waals surface area contributed by atoms with Crippen LogP contribution >= 0.6 is 11.6 Å². The number of carbonyl (C=O) groups excluding carboxylic acids is 1. The van der Waals surface area contributed by atoms with Gasteiger partial charge in [-0.25, -0.2) is 0 Å². The number of aromatic nitrogens is 1. The number of carbonyl (C=O) groups is 1. The second kappa shape index (κ2) is 6.45. The standard InChI is InChI=1S/C17H13ClN2O2/c18-15-9-5-4-8-14(15)17(21)19-11-13-10-16(20-22-13)12-6-2-1-3-7-12/h1-10H,11H2,(H,19,21). The topological polar surface area (TPSA) is 55.1 Å². The Labute approximate surface area is 132 Å². The molecule has 110 valence electrons. The highest BCUT2D eigenvalue weighted by molar-refractivity contribution is 6.33. The van der Waals surface area contributed by atoms with Gasteiger partial charge in [-0.3, -0.25) is 4.79 Å². The van der Waals surface area contributed by atoms with Crippen LogP contribution in [0.3, 0.4) is 0 Å². The second-order valence-corrected chi connectivity index (χ2v) is 5.11. The molecular formula is C17H13ClN2O2. The summed E-state index contributed by atoms with van der Waals surface area (Å²) in [5.74, 6) is 0.336. The third kappa shape index (κ3) is 3.18. The van der Waals surface area contributed by atoms with Crippen molar-refractivity contribution in [2.24, 2.45) is 0 Å². The quantitative estimate of drug-likeness (QED) is 0.794. The minimum atomic E-state index is -0.247. The SMILES string of the molecule is O=C(NCc1cc(-c2ccccc2)no1)c1ccccc1Cl. The van der Waals surface area contributed by atoms with Crippen molar-refractivity contribution in [1.82, 2.24) is 10.5 Å². The molecular weight excluding hydrogens is 300 g/mol. The van der Waals surface area contributed by atoms with E-state index in [0.29, 0.717) is 16.3 Å². The largest absolute Gasteiger partial charge is 0.359 e. The van der Waals surface area contributed by atoms with Gasteiger partial charge in [0.1, 0.15) is 5.69 Å². The number of hydrogen-bond donors (Lipinski definition) is 1. The molecule has 0 unspecified atom stereocenters. The summed E-state index contributed by atoms with van der Waals surface area (Å²) in [4.78, 5) is 12.1. The van der Waals surface area contributed by atoms with E-state index in [0.717, 1.165) is 11.3 Å². The Hall–Kier alpha value is -2.59. The van der Waals surface area contributed by atoms with Gasteiger partial charge in [0.05, 0.1) is 17.1 Å². The molecule has 0 radical (unpaired) electrons. The van der Waals surface area contributed by atoms with Crippen LogP contribution in [0, 0.1) is 0 Å². The van der Waals surface area contributed by atoms with Crippen molar-refractivity contribution in [3.8, 4) is 11.3 Å². The van der Waals surface area contributed by atoms with Crippen LogP contribution < -0.4 is 5.32 Å². The van der Waals surface area contributed by atoms with E-state index < -0.39 is 0 Å². The van der Waals surface area contributed by atoms with Crippen molar-refractivity contribution in [2.75, 3.05) is 0 Å². The molecule has 0 atom stereocenters. The van der Waals surface area contributed by atoms with Gasteiger partial charge in [0.25, 0.3) is 5.91 Å². The lowest BCUT2D eigenvalue weighted by Crippen LogP contribution is -2.22. The summed E-state index contributed by atoms with van der Waals surface area (Å²) in [7, 11) is 0. The fourth-order valence-electron chi connectivity index (χ4n) is 2.05. The summed E-state index contributed by atoms with van der Waals surface area (Å²) < 4.78 is 5.24. The molecule has 0 saturated heterocycles. The van der Waals surface area contributed by atoms with E-state index in [4.69, 9.17) is 16.1 Å². The number of amides is 1. The van der Waals surface area contributed by atoms with Crippen molar-refractivity contribution >= 4 is 17.5 Å². The molecule has 3 aromatic rings. The average Bonchev–Trinajstić information content (AvgIpc) is 3.03.